The van der Waals surface area contributed by atoms with Crippen LogP contribution in [0.4, 0.5) is 0 Å². The third-order valence-corrected chi connectivity index (χ3v) is 10.8. The van der Waals surface area contributed by atoms with E-state index < -0.39 is 23.2 Å². The Bertz CT molecular complexity index is 828. The molecule has 5 rings (SSSR count). The number of nitrogens with zero attached hydrogens (tertiary/aromatic N) is 1. The van der Waals surface area contributed by atoms with E-state index in [4.69, 9.17) is 4.74 Å². The standard InChI is InChI=1S/C27H44N2O5/c1-17(28-8-9-29-10-12-34-13-11-29)18-5-7-27(33)20-14-22(30)21-15-23(31)24(32)16-25(21,2)19(20)4-6-26(18,27)3/h14,17-19,21,23-24,28,31-33H,4-13,15-16H2,1-3H3. The molecule has 0 radical (unpaired) electrons. The highest BCUT2D eigenvalue weighted by atomic mass is 16.5. The fourth-order valence-corrected chi connectivity index (χ4v) is 8.63. The molecule has 1 heterocycles. The summed E-state index contributed by atoms with van der Waals surface area (Å²) in [5.74, 6) is 0.172. The van der Waals surface area contributed by atoms with Crippen LogP contribution in [0.15, 0.2) is 11.6 Å². The van der Waals surface area contributed by atoms with Gasteiger partial charge < -0.3 is 25.4 Å². The van der Waals surface area contributed by atoms with Gasteiger partial charge in [0.1, 0.15) is 0 Å². The van der Waals surface area contributed by atoms with Crippen LogP contribution in [0.2, 0.25) is 0 Å². The van der Waals surface area contributed by atoms with Crippen LogP contribution in [-0.4, -0.2) is 89.2 Å². The van der Waals surface area contributed by atoms with Gasteiger partial charge in [-0.05, 0) is 74.3 Å². The predicted molar refractivity (Wildman–Crippen MR) is 129 cm³/mol. The lowest BCUT2D eigenvalue weighted by Crippen LogP contribution is -2.61. The lowest BCUT2D eigenvalue weighted by Gasteiger charge is -2.60. The summed E-state index contributed by atoms with van der Waals surface area (Å²) in [6.07, 6.45) is 4.31. The van der Waals surface area contributed by atoms with E-state index in [1.165, 1.54) is 0 Å². The molecule has 3 saturated carbocycles. The number of aliphatic hydroxyl groups excluding tert-OH is 2. The second-order valence-corrected chi connectivity index (χ2v) is 12.3. The van der Waals surface area contributed by atoms with Gasteiger partial charge in [0.05, 0.1) is 31.0 Å². The molecule has 4 fully saturated rings. The van der Waals surface area contributed by atoms with Gasteiger partial charge in [-0.3, -0.25) is 9.69 Å². The maximum Gasteiger partial charge on any atom is 0.159 e. The Morgan fingerprint density at radius 3 is 2.62 bits per heavy atom. The van der Waals surface area contributed by atoms with Gasteiger partial charge in [0.15, 0.2) is 5.78 Å². The number of fused-ring (bicyclic) bond motifs is 5. The monoisotopic (exact) mass is 476 g/mol. The van der Waals surface area contributed by atoms with Crippen molar-refractivity contribution in [1.29, 1.82) is 0 Å². The van der Waals surface area contributed by atoms with Crippen LogP contribution in [0.25, 0.3) is 0 Å². The lowest BCUT2D eigenvalue weighted by molar-refractivity contribution is -0.152. The molecule has 0 aromatic heterocycles. The van der Waals surface area contributed by atoms with Crippen molar-refractivity contribution in [3.8, 4) is 0 Å². The van der Waals surface area contributed by atoms with Crippen LogP contribution < -0.4 is 5.32 Å². The summed E-state index contributed by atoms with van der Waals surface area (Å²) in [6.45, 7) is 12.1. The number of carbonyl (C=O) groups excluding carboxylic acids is 1. The Morgan fingerprint density at radius 2 is 1.88 bits per heavy atom. The number of morpholine rings is 1. The van der Waals surface area contributed by atoms with Crippen molar-refractivity contribution < 1.29 is 24.9 Å². The summed E-state index contributed by atoms with van der Waals surface area (Å²) in [6, 6.07) is 0.284. The van der Waals surface area contributed by atoms with Crippen molar-refractivity contribution in [1.82, 2.24) is 10.2 Å². The second kappa shape index (κ2) is 8.93. The van der Waals surface area contributed by atoms with Crippen LogP contribution in [0.5, 0.6) is 0 Å². The molecule has 1 aliphatic heterocycles. The molecule has 4 aliphatic carbocycles. The first-order valence-corrected chi connectivity index (χ1v) is 13.5. The molecule has 0 bridgehead atoms. The summed E-state index contributed by atoms with van der Waals surface area (Å²) >= 11 is 0. The molecular formula is C27H44N2O5. The molecule has 192 valence electrons. The van der Waals surface area contributed by atoms with Crippen LogP contribution in [0, 0.1) is 28.6 Å². The molecule has 0 aromatic carbocycles. The van der Waals surface area contributed by atoms with E-state index in [2.05, 4.69) is 31.0 Å². The van der Waals surface area contributed by atoms with Crippen molar-refractivity contribution in [3.05, 3.63) is 11.6 Å². The van der Waals surface area contributed by atoms with E-state index in [1.54, 1.807) is 6.08 Å². The van der Waals surface area contributed by atoms with Gasteiger partial charge in [-0.15, -0.1) is 0 Å². The average molecular weight is 477 g/mol. The number of nitrogens with one attached hydrogen (secondary N) is 1. The topological polar surface area (TPSA) is 102 Å². The summed E-state index contributed by atoms with van der Waals surface area (Å²) in [5, 5.41) is 36.8. The van der Waals surface area contributed by atoms with E-state index in [0.717, 1.165) is 64.2 Å². The Morgan fingerprint density at radius 1 is 1.15 bits per heavy atom. The van der Waals surface area contributed by atoms with Crippen LogP contribution in [0.1, 0.15) is 59.3 Å². The van der Waals surface area contributed by atoms with Crippen molar-refractivity contribution in [2.45, 2.75) is 83.1 Å². The smallest absolute Gasteiger partial charge is 0.159 e. The zero-order chi connectivity index (χ0) is 24.3. The fraction of sp³-hybridized carbons (Fsp3) is 0.889. The molecule has 7 nitrogen and oxygen atoms in total. The Balaban J connectivity index is 1.33. The molecule has 9 atom stereocenters. The number of allylic oxidation sites excluding steroid dienone is 1. The first-order chi connectivity index (χ1) is 16.1. The number of ether oxygens (including phenoxy) is 1. The van der Waals surface area contributed by atoms with Gasteiger partial charge in [-0.2, -0.15) is 0 Å². The Hall–Kier alpha value is -0.830. The molecule has 1 saturated heterocycles. The summed E-state index contributed by atoms with van der Waals surface area (Å²) in [4.78, 5) is 15.7. The first kappa shape index (κ1) is 24.8. The van der Waals surface area contributed by atoms with Crippen molar-refractivity contribution in [2.75, 3.05) is 39.4 Å². The minimum Gasteiger partial charge on any atom is -0.390 e. The van der Waals surface area contributed by atoms with Crippen molar-refractivity contribution in [2.24, 2.45) is 28.6 Å². The SMILES string of the molecule is CC(NCCN1CCOCC1)C1CCC2(O)C3=CC(=O)C4CC(O)C(O)CC4(C)C3CCC12C. The molecular weight excluding hydrogens is 432 g/mol. The van der Waals surface area contributed by atoms with Crippen LogP contribution in [0.3, 0.4) is 0 Å². The number of hydrogen-bond donors (Lipinski definition) is 4. The molecule has 4 N–H and O–H groups in total. The fourth-order valence-electron chi connectivity index (χ4n) is 8.63. The molecule has 5 aliphatic rings. The predicted octanol–water partition coefficient (Wildman–Crippen LogP) is 1.50. The van der Waals surface area contributed by atoms with Crippen LogP contribution >= 0.6 is 0 Å². The van der Waals surface area contributed by atoms with Crippen molar-refractivity contribution >= 4 is 5.78 Å². The molecule has 0 spiro atoms. The summed E-state index contributed by atoms with van der Waals surface area (Å²) in [5.41, 5.74) is -0.754. The van der Waals surface area contributed by atoms with E-state index in [0.29, 0.717) is 25.2 Å². The Kier molecular flexibility index (Phi) is 6.52. The highest BCUT2D eigenvalue weighted by molar-refractivity contribution is 5.95. The molecule has 0 amide bonds. The number of carbonyl (C=O) groups is 1. The maximum absolute atomic E-state index is 13.3. The Labute approximate surface area is 203 Å². The zero-order valence-corrected chi connectivity index (χ0v) is 21.1. The molecule has 0 aromatic rings. The van der Waals surface area contributed by atoms with E-state index >= 15 is 0 Å². The van der Waals surface area contributed by atoms with Crippen LogP contribution in [-0.2, 0) is 9.53 Å². The lowest BCUT2D eigenvalue weighted by atomic mass is 9.46. The second-order valence-electron chi connectivity index (χ2n) is 12.3. The molecule has 7 heteroatoms. The molecule has 34 heavy (non-hydrogen) atoms. The minimum atomic E-state index is -0.981. The average Bonchev–Trinajstić information content (AvgIpc) is 3.08. The van der Waals surface area contributed by atoms with Gasteiger partial charge in [0, 0.05) is 43.6 Å². The number of rotatable bonds is 5. The van der Waals surface area contributed by atoms with Gasteiger partial charge in [-0.25, -0.2) is 0 Å². The normalized spacial score (nSPS) is 48.0. The minimum absolute atomic E-state index is 0.0255. The third kappa shape index (κ3) is 3.73. The summed E-state index contributed by atoms with van der Waals surface area (Å²) < 4.78 is 5.45. The first-order valence-electron chi connectivity index (χ1n) is 13.5. The largest absolute Gasteiger partial charge is 0.390 e. The van der Waals surface area contributed by atoms with E-state index in [9.17, 15) is 20.1 Å². The summed E-state index contributed by atoms with van der Waals surface area (Å²) in [7, 11) is 0. The zero-order valence-electron chi connectivity index (χ0n) is 21.1. The van der Waals surface area contributed by atoms with Gasteiger partial charge >= 0.3 is 0 Å². The highest BCUT2D eigenvalue weighted by Gasteiger charge is 2.66. The van der Waals surface area contributed by atoms with Crippen molar-refractivity contribution in [3.63, 3.8) is 0 Å². The van der Waals surface area contributed by atoms with Gasteiger partial charge in [0.2, 0.25) is 0 Å². The molecule has 9 unspecified atom stereocenters. The van der Waals surface area contributed by atoms with Gasteiger partial charge in [0.25, 0.3) is 0 Å². The number of hydrogen-bond acceptors (Lipinski definition) is 7. The van der Waals surface area contributed by atoms with E-state index in [-0.39, 0.29) is 29.1 Å². The number of ketones is 1. The highest BCUT2D eigenvalue weighted by Crippen LogP contribution is 2.67. The maximum atomic E-state index is 13.3. The quantitative estimate of drug-likeness (QED) is 0.477. The van der Waals surface area contributed by atoms with Gasteiger partial charge in [-0.1, -0.05) is 13.8 Å². The van der Waals surface area contributed by atoms with E-state index in [1.807, 2.05) is 0 Å². The third-order valence-electron chi connectivity index (χ3n) is 10.8. The number of aliphatic hydroxyl groups is 3.